The lowest BCUT2D eigenvalue weighted by Crippen LogP contribution is -2.42. The minimum Gasteiger partial charge on any atom is -0.304 e. The average molecular weight is 402 g/mol. The lowest BCUT2D eigenvalue weighted by atomic mass is 10.1. The van der Waals surface area contributed by atoms with Crippen molar-refractivity contribution in [2.75, 3.05) is 16.4 Å². The van der Waals surface area contributed by atoms with Gasteiger partial charge in [0.1, 0.15) is 0 Å². The third kappa shape index (κ3) is 4.62. The molecule has 1 amide bonds. The van der Waals surface area contributed by atoms with Crippen LogP contribution in [0.25, 0.3) is 0 Å². The van der Waals surface area contributed by atoms with E-state index in [4.69, 9.17) is 0 Å². The lowest BCUT2D eigenvalue weighted by molar-refractivity contribution is -0.116. The molecule has 1 atom stereocenters. The predicted molar refractivity (Wildman–Crippen MR) is 112 cm³/mol. The van der Waals surface area contributed by atoms with E-state index >= 15 is 0 Å². The highest BCUT2D eigenvalue weighted by atomic mass is 32.2. The molecule has 3 rings (SSSR count). The number of hydrogen-bond acceptors (Lipinski definition) is 4. The molecule has 0 N–H and O–H groups in total. The summed E-state index contributed by atoms with van der Waals surface area (Å²) >= 11 is 1.51. The van der Waals surface area contributed by atoms with Gasteiger partial charge in [-0.2, -0.15) is 0 Å². The van der Waals surface area contributed by atoms with Crippen LogP contribution in [-0.2, 0) is 14.6 Å². The van der Waals surface area contributed by atoms with Crippen LogP contribution >= 0.6 is 11.8 Å². The maximum Gasteiger partial charge on any atom is 0.237 e. The van der Waals surface area contributed by atoms with Crippen molar-refractivity contribution >= 4 is 33.2 Å². The molecule has 0 saturated heterocycles. The van der Waals surface area contributed by atoms with Crippen molar-refractivity contribution in [3.05, 3.63) is 70.6 Å². The Labute approximate surface area is 165 Å². The van der Waals surface area contributed by atoms with E-state index in [-0.39, 0.29) is 17.4 Å². The van der Waals surface area contributed by atoms with E-state index in [0.717, 1.165) is 16.0 Å². The second-order valence-corrected chi connectivity index (χ2v) is 9.76. The number of benzene rings is 2. The lowest BCUT2D eigenvalue weighted by Gasteiger charge is -2.27. The van der Waals surface area contributed by atoms with Gasteiger partial charge in [0.25, 0.3) is 0 Å². The van der Waals surface area contributed by atoms with Gasteiger partial charge in [-0.1, -0.05) is 35.9 Å². The summed E-state index contributed by atoms with van der Waals surface area (Å²) in [5, 5.41) is 1.21. The number of para-hydroxylation sites is 1. The molecule has 0 spiro atoms. The van der Waals surface area contributed by atoms with E-state index < -0.39 is 15.9 Å². The van der Waals surface area contributed by atoms with Gasteiger partial charge in [-0.25, -0.2) is 8.42 Å². The van der Waals surface area contributed by atoms with Crippen LogP contribution in [-0.4, -0.2) is 31.9 Å². The minimum absolute atomic E-state index is 0.0686. The van der Waals surface area contributed by atoms with Crippen LogP contribution in [0.1, 0.15) is 16.7 Å². The molecule has 1 aliphatic heterocycles. The highest BCUT2D eigenvalue weighted by Crippen LogP contribution is 2.29. The quantitative estimate of drug-likeness (QED) is 0.710. The number of rotatable bonds is 5. The topological polar surface area (TPSA) is 54.5 Å². The Hall–Kier alpha value is -2.05. The fraction of sp³-hybridized carbons (Fsp3) is 0.286. The van der Waals surface area contributed by atoms with Gasteiger partial charge in [-0.05, 0) is 50.1 Å². The van der Waals surface area contributed by atoms with E-state index in [9.17, 15) is 13.2 Å². The molecule has 2 aromatic carbocycles. The van der Waals surface area contributed by atoms with Crippen molar-refractivity contribution in [3.63, 3.8) is 0 Å². The number of carbonyl (C=O) groups is 1. The molecule has 0 aliphatic carbocycles. The molecule has 0 unspecified atom stereocenters. The van der Waals surface area contributed by atoms with Crippen molar-refractivity contribution in [3.8, 4) is 0 Å². The fourth-order valence-corrected chi connectivity index (χ4v) is 5.68. The van der Waals surface area contributed by atoms with Gasteiger partial charge in [0.2, 0.25) is 5.91 Å². The maximum absolute atomic E-state index is 13.1. The Morgan fingerprint density at radius 3 is 2.30 bits per heavy atom. The first-order chi connectivity index (χ1) is 12.8. The summed E-state index contributed by atoms with van der Waals surface area (Å²) in [6.45, 7) is 6.16. The van der Waals surface area contributed by atoms with Crippen LogP contribution in [0.2, 0.25) is 0 Å². The van der Waals surface area contributed by atoms with Crippen molar-refractivity contribution in [2.24, 2.45) is 0 Å². The van der Waals surface area contributed by atoms with Gasteiger partial charge in [-0.3, -0.25) is 4.79 Å². The third-order valence-electron chi connectivity index (χ3n) is 4.49. The zero-order valence-corrected chi connectivity index (χ0v) is 17.3. The second-order valence-electron chi connectivity index (χ2n) is 6.84. The van der Waals surface area contributed by atoms with Crippen LogP contribution < -0.4 is 4.90 Å². The zero-order valence-electron chi connectivity index (χ0n) is 15.7. The van der Waals surface area contributed by atoms with Gasteiger partial charge < -0.3 is 4.90 Å². The summed E-state index contributed by atoms with van der Waals surface area (Å²) in [5.74, 6) is 0.0857. The van der Waals surface area contributed by atoms with E-state index in [0.29, 0.717) is 5.69 Å². The normalized spacial score (nSPS) is 17.8. The first kappa shape index (κ1) is 19.7. The number of sulfone groups is 1. The van der Waals surface area contributed by atoms with Crippen molar-refractivity contribution in [2.45, 2.75) is 31.7 Å². The number of nitrogens with zero attached hydrogens (tertiary/aromatic N) is 1. The summed E-state index contributed by atoms with van der Waals surface area (Å²) in [7, 11) is -3.25. The highest BCUT2D eigenvalue weighted by Gasteiger charge is 2.31. The first-order valence-electron chi connectivity index (χ1n) is 8.75. The molecule has 0 aromatic heterocycles. The van der Waals surface area contributed by atoms with Crippen molar-refractivity contribution in [1.29, 1.82) is 0 Å². The molecule has 0 bridgehead atoms. The number of aryl methyl sites for hydroxylation is 3. The van der Waals surface area contributed by atoms with Gasteiger partial charge >= 0.3 is 0 Å². The Bertz CT molecular complexity index is 959. The summed E-state index contributed by atoms with van der Waals surface area (Å²) in [6.07, 6.45) is 1.60. The molecule has 1 heterocycles. The Morgan fingerprint density at radius 1 is 1.11 bits per heavy atom. The van der Waals surface area contributed by atoms with E-state index in [1.54, 1.807) is 11.0 Å². The van der Waals surface area contributed by atoms with Crippen LogP contribution in [0, 0.1) is 20.8 Å². The molecule has 0 saturated carbocycles. The van der Waals surface area contributed by atoms with Gasteiger partial charge in [0.15, 0.2) is 9.84 Å². The molecule has 0 fully saturated rings. The van der Waals surface area contributed by atoms with Crippen molar-refractivity contribution < 1.29 is 13.2 Å². The van der Waals surface area contributed by atoms with E-state index in [1.807, 2.05) is 44.2 Å². The minimum atomic E-state index is -3.25. The predicted octanol–water partition coefficient (Wildman–Crippen LogP) is 4.05. The van der Waals surface area contributed by atoms with Crippen LogP contribution in [0.5, 0.6) is 0 Å². The number of thioether (sulfide) groups is 1. The van der Waals surface area contributed by atoms with Crippen molar-refractivity contribution in [1.82, 2.24) is 0 Å². The number of hydrogen-bond donors (Lipinski definition) is 0. The molecule has 2 aromatic rings. The van der Waals surface area contributed by atoms with Gasteiger partial charge in [-0.15, -0.1) is 11.8 Å². The summed E-state index contributed by atoms with van der Waals surface area (Å²) in [4.78, 5) is 15.8. The largest absolute Gasteiger partial charge is 0.304 e. The number of amides is 1. The van der Waals surface area contributed by atoms with Crippen LogP contribution in [0.15, 0.2) is 58.8 Å². The Kier molecular flexibility index (Phi) is 5.77. The van der Waals surface area contributed by atoms with Crippen LogP contribution in [0.3, 0.4) is 0 Å². The summed E-state index contributed by atoms with van der Waals surface area (Å²) in [5.41, 5.74) is 4.22. The molecule has 142 valence electrons. The monoisotopic (exact) mass is 401 g/mol. The summed E-state index contributed by atoms with van der Waals surface area (Å²) in [6, 6.07) is 13.0. The first-order valence-corrected chi connectivity index (χ1v) is 11.5. The van der Waals surface area contributed by atoms with E-state index in [1.165, 1.54) is 22.7 Å². The SMILES string of the molecule is Cc1cc(C)c(SCC(=O)N(c2ccccc2)[C@@H]2C=CS(=O)(=O)C2)c(C)c1. The third-order valence-corrected chi connectivity index (χ3v) is 7.19. The number of anilines is 1. The highest BCUT2D eigenvalue weighted by molar-refractivity contribution is 8.00. The standard InChI is InChI=1S/C21H23NO3S2/c1-15-11-16(2)21(17(3)12-15)26-13-20(23)22(18-7-5-4-6-8-18)19-9-10-27(24,25)14-19/h4-12,19H,13-14H2,1-3H3/t19-/m1/s1. The molecular formula is C21H23NO3S2. The molecule has 1 aliphatic rings. The van der Waals surface area contributed by atoms with Gasteiger partial charge in [0.05, 0.1) is 17.5 Å². The average Bonchev–Trinajstić information content (AvgIpc) is 2.94. The fourth-order valence-electron chi connectivity index (χ4n) is 3.43. The van der Waals surface area contributed by atoms with E-state index in [2.05, 4.69) is 19.1 Å². The molecule has 4 nitrogen and oxygen atoms in total. The molecule has 0 radical (unpaired) electrons. The zero-order chi connectivity index (χ0) is 19.6. The number of carbonyl (C=O) groups excluding carboxylic acids is 1. The Balaban J connectivity index is 1.83. The van der Waals surface area contributed by atoms with Crippen LogP contribution in [0.4, 0.5) is 5.69 Å². The maximum atomic E-state index is 13.1. The smallest absolute Gasteiger partial charge is 0.237 e. The molecular weight excluding hydrogens is 378 g/mol. The Morgan fingerprint density at radius 2 is 1.74 bits per heavy atom. The summed E-state index contributed by atoms with van der Waals surface area (Å²) < 4.78 is 23.7. The second kappa shape index (κ2) is 7.90. The molecule has 6 heteroatoms. The van der Waals surface area contributed by atoms with Gasteiger partial charge in [0, 0.05) is 16.0 Å². The molecule has 27 heavy (non-hydrogen) atoms.